The quantitative estimate of drug-likeness (QED) is 0.780. The topological polar surface area (TPSA) is 48.4 Å². The van der Waals surface area contributed by atoms with Gasteiger partial charge in [0.1, 0.15) is 0 Å². The summed E-state index contributed by atoms with van der Waals surface area (Å²) in [5.41, 5.74) is 2.90. The van der Waals surface area contributed by atoms with Crippen molar-refractivity contribution in [3.05, 3.63) is 29.3 Å². The van der Waals surface area contributed by atoms with Gasteiger partial charge in [-0.15, -0.1) is 0 Å². The van der Waals surface area contributed by atoms with Crippen LogP contribution in [-0.4, -0.2) is 22.3 Å². The van der Waals surface area contributed by atoms with Crippen molar-refractivity contribution in [2.75, 3.05) is 0 Å². The summed E-state index contributed by atoms with van der Waals surface area (Å²) in [7, 11) is 0. The molecule has 0 saturated heterocycles. The lowest BCUT2D eigenvalue weighted by Crippen LogP contribution is -1.95. The molecular formula is C14H18N2O. The molecule has 1 aromatic carbocycles. The number of aromatic hydroxyl groups is 1. The molecule has 1 heterocycles. The lowest BCUT2D eigenvalue weighted by molar-refractivity contribution is 0.457. The molecule has 0 aliphatic carbocycles. The highest BCUT2D eigenvalue weighted by Crippen LogP contribution is 2.26. The van der Waals surface area contributed by atoms with E-state index in [1.54, 1.807) is 6.21 Å². The normalized spacial score (nSPS) is 13.6. The van der Waals surface area contributed by atoms with Crippen molar-refractivity contribution in [2.45, 2.75) is 33.2 Å². The average Bonchev–Trinajstić information content (AvgIpc) is 2.61. The third-order valence-corrected chi connectivity index (χ3v) is 3.02. The van der Waals surface area contributed by atoms with Gasteiger partial charge in [-0.25, -0.2) is 0 Å². The molecule has 0 aliphatic heterocycles. The maximum absolute atomic E-state index is 9.86. The van der Waals surface area contributed by atoms with E-state index in [0.29, 0.717) is 0 Å². The lowest BCUT2D eigenvalue weighted by Gasteiger charge is -2.00. The number of nitrogens with one attached hydrogen (secondary N) is 1. The van der Waals surface area contributed by atoms with Gasteiger partial charge in [0, 0.05) is 23.2 Å². The Bertz CT molecular complexity index is 555. The number of aromatic amines is 1. The summed E-state index contributed by atoms with van der Waals surface area (Å²) < 4.78 is 0. The highest BCUT2D eigenvalue weighted by Gasteiger charge is 2.08. The van der Waals surface area contributed by atoms with E-state index >= 15 is 0 Å². The smallest absolute Gasteiger partial charge is 0.198 e. The first-order valence-corrected chi connectivity index (χ1v) is 5.96. The number of fused-ring (bicyclic) bond motifs is 1. The number of H-pyrrole nitrogens is 1. The third kappa shape index (κ3) is 2.33. The zero-order chi connectivity index (χ0) is 12.4. The van der Waals surface area contributed by atoms with Gasteiger partial charge in [-0.1, -0.05) is 18.6 Å². The van der Waals surface area contributed by atoms with Gasteiger partial charge < -0.3 is 10.1 Å². The molecule has 0 saturated carbocycles. The summed E-state index contributed by atoms with van der Waals surface area (Å²) in [6.45, 7) is 6.20. The van der Waals surface area contributed by atoms with Gasteiger partial charge in [0.2, 0.25) is 0 Å². The maximum Gasteiger partial charge on any atom is 0.198 e. The summed E-state index contributed by atoms with van der Waals surface area (Å²) >= 11 is 0. The molecule has 17 heavy (non-hydrogen) atoms. The van der Waals surface area contributed by atoms with Crippen molar-refractivity contribution in [3.8, 4) is 5.88 Å². The predicted molar refractivity (Wildman–Crippen MR) is 72.0 cm³/mol. The van der Waals surface area contributed by atoms with Crippen molar-refractivity contribution in [3.63, 3.8) is 0 Å². The van der Waals surface area contributed by atoms with Gasteiger partial charge in [0.15, 0.2) is 5.88 Å². The van der Waals surface area contributed by atoms with Crippen molar-refractivity contribution >= 4 is 17.1 Å². The molecule has 1 unspecified atom stereocenters. The highest BCUT2D eigenvalue weighted by molar-refractivity contribution is 6.02. The van der Waals surface area contributed by atoms with Gasteiger partial charge in [-0.3, -0.25) is 4.99 Å². The van der Waals surface area contributed by atoms with Crippen molar-refractivity contribution < 1.29 is 5.11 Å². The Morgan fingerprint density at radius 3 is 2.94 bits per heavy atom. The SMILES string of the molecule is CCC(C)N=Cc1c(O)[nH]c2ccc(C)cc12. The van der Waals surface area contributed by atoms with Crippen LogP contribution in [-0.2, 0) is 0 Å². The van der Waals surface area contributed by atoms with Crippen LogP contribution in [0.3, 0.4) is 0 Å². The molecule has 0 radical (unpaired) electrons. The van der Waals surface area contributed by atoms with Crippen LogP contribution in [0.5, 0.6) is 5.88 Å². The molecule has 0 spiro atoms. The fraction of sp³-hybridized carbons (Fsp3) is 0.357. The fourth-order valence-electron chi connectivity index (χ4n) is 1.75. The van der Waals surface area contributed by atoms with E-state index in [1.807, 2.05) is 19.1 Å². The van der Waals surface area contributed by atoms with E-state index in [4.69, 9.17) is 0 Å². The first kappa shape index (κ1) is 11.7. The minimum absolute atomic E-state index is 0.192. The summed E-state index contributed by atoms with van der Waals surface area (Å²) in [4.78, 5) is 7.38. The summed E-state index contributed by atoms with van der Waals surface area (Å²) in [6.07, 6.45) is 2.76. The molecule has 90 valence electrons. The second-order valence-corrected chi connectivity index (χ2v) is 4.47. The molecule has 3 nitrogen and oxygen atoms in total. The van der Waals surface area contributed by atoms with Crippen LogP contribution in [0.2, 0.25) is 0 Å². The van der Waals surface area contributed by atoms with Gasteiger partial charge >= 0.3 is 0 Å². The molecule has 0 amide bonds. The van der Waals surface area contributed by atoms with Crippen LogP contribution in [0.15, 0.2) is 23.2 Å². The number of aromatic nitrogens is 1. The van der Waals surface area contributed by atoms with Crippen molar-refractivity contribution in [2.24, 2.45) is 4.99 Å². The molecule has 0 bridgehead atoms. The first-order chi connectivity index (χ1) is 8.11. The van der Waals surface area contributed by atoms with Crippen LogP contribution in [0, 0.1) is 6.92 Å². The van der Waals surface area contributed by atoms with Gasteiger partial charge in [-0.05, 0) is 32.4 Å². The van der Waals surface area contributed by atoms with E-state index in [0.717, 1.165) is 22.9 Å². The molecule has 2 N–H and O–H groups in total. The number of benzene rings is 1. The molecule has 2 rings (SSSR count). The summed E-state index contributed by atoms with van der Waals surface area (Å²) in [5, 5.41) is 10.9. The number of hydrogen-bond donors (Lipinski definition) is 2. The Morgan fingerprint density at radius 1 is 1.47 bits per heavy atom. The Hall–Kier alpha value is -1.77. The first-order valence-electron chi connectivity index (χ1n) is 5.96. The van der Waals surface area contributed by atoms with E-state index < -0.39 is 0 Å². The summed E-state index contributed by atoms with van der Waals surface area (Å²) in [5.74, 6) is 0.192. The number of aryl methyl sites for hydroxylation is 1. The molecule has 0 aliphatic rings. The van der Waals surface area contributed by atoms with E-state index in [9.17, 15) is 5.11 Å². The number of hydrogen-bond acceptors (Lipinski definition) is 2. The minimum Gasteiger partial charge on any atom is -0.494 e. The van der Waals surface area contributed by atoms with Crippen LogP contribution in [0.1, 0.15) is 31.4 Å². The van der Waals surface area contributed by atoms with E-state index in [-0.39, 0.29) is 11.9 Å². The average molecular weight is 230 g/mol. The largest absolute Gasteiger partial charge is 0.494 e. The molecular weight excluding hydrogens is 212 g/mol. The van der Waals surface area contributed by atoms with Crippen LogP contribution >= 0.6 is 0 Å². The van der Waals surface area contributed by atoms with Gasteiger partial charge in [0.25, 0.3) is 0 Å². The number of nitrogens with zero attached hydrogens (tertiary/aromatic N) is 1. The zero-order valence-electron chi connectivity index (χ0n) is 10.5. The second kappa shape index (κ2) is 4.62. The molecule has 1 aromatic heterocycles. The number of aliphatic imine (C=N–C) groups is 1. The van der Waals surface area contributed by atoms with Crippen molar-refractivity contribution in [1.29, 1.82) is 0 Å². The third-order valence-electron chi connectivity index (χ3n) is 3.02. The Labute approximate surface area is 101 Å². The number of rotatable bonds is 3. The van der Waals surface area contributed by atoms with E-state index in [2.05, 4.69) is 29.9 Å². The Morgan fingerprint density at radius 2 is 2.24 bits per heavy atom. The van der Waals surface area contributed by atoms with Crippen LogP contribution < -0.4 is 0 Å². The van der Waals surface area contributed by atoms with Gasteiger partial charge in [0.05, 0.1) is 5.56 Å². The second-order valence-electron chi connectivity index (χ2n) is 4.47. The monoisotopic (exact) mass is 230 g/mol. The van der Waals surface area contributed by atoms with Gasteiger partial charge in [-0.2, -0.15) is 0 Å². The fourth-order valence-corrected chi connectivity index (χ4v) is 1.75. The molecule has 1 atom stereocenters. The highest BCUT2D eigenvalue weighted by atomic mass is 16.3. The van der Waals surface area contributed by atoms with E-state index in [1.165, 1.54) is 5.56 Å². The maximum atomic E-state index is 9.86. The van der Waals surface area contributed by atoms with Crippen LogP contribution in [0.4, 0.5) is 0 Å². The lowest BCUT2D eigenvalue weighted by atomic mass is 10.1. The standard InChI is InChI=1S/C14H18N2O/c1-4-10(3)15-8-12-11-7-9(2)5-6-13(11)16-14(12)17/h5-8,10,16-17H,4H2,1-3H3. The molecule has 2 aromatic rings. The molecule has 3 heteroatoms. The Balaban J connectivity index is 2.48. The Kier molecular flexibility index (Phi) is 3.18. The summed E-state index contributed by atoms with van der Waals surface area (Å²) in [6, 6.07) is 6.34. The predicted octanol–water partition coefficient (Wildman–Crippen LogP) is 3.40. The van der Waals surface area contributed by atoms with Crippen molar-refractivity contribution in [1.82, 2.24) is 4.98 Å². The minimum atomic E-state index is 0.192. The zero-order valence-corrected chi connectivity index (χ0v) is 10.5. The molecule has 0 fully saturated rings. The van der Waals surface area contributed by atoms with Crippen LogP contribution in [0.25, 0.3) is 10.9 Å².